The maximum Gasteiger partial charge on any atom is 0.0716 e. The van der Waals surface area contributed by atoms with Crippen molar-refractivity contribution in [2.45, 2.75) is 6.42 Å². The Labute approximate surface area is 98.7 Å². The third-order valence-electron chi connectivity index (χ3n) is 2.07. The van der Waals surface area contributed by atoms with E-state index in [0.29, 0.717) is 5.02 Å². The first-order chi connectivity index (χ1) is 7.36. The van der Waals surface area contributed by atoms with Crippen LogP contribution in [0.4, 0.5) is 5.69 Å². The van der Waals surface area contributed by atoms with Crippen LogP contribution in [0.25, 0.3) is 0 Å². The van der Waals surface area contributed by atoms with Crippen LogP contribution < -0.4 is 5.32 Å². The normalized spacial score (nSPS) is 10.2. The van der Waals surface area contributed by atoms with Gasteiger partial charge in [0.05, 0.1) is 10.7 Å². The molecule has 2 rings (SSSR count). The van der Waals surface area contributed by atoms with Crippen LogP contribution in [0.2, 0.25) is 5.02 Å². The van der Waals surface area contributed by atoms with Crippen LogP contribution in [-0.4, -0.2) is 6.54 Å². The van der Waals surface area contributed by atoms with Gasteiger partial charge in [-0.15, -0.1) is 11.3 Å². The minimum absolute atomic E-state index is 0.656. The van der Waals surface area contributed by atoms with Gasteiger partial charge < -0.3 is 5.32 Å². The van der Waals surface area contributed by atoms with Crippen LogP contribution in [0.5, 0.6) is 0 Å². The molecule has 0 unspecified atom stereocenters. The van der Waals surface area contributed by atoms with E-state index in [1.807, 2.05) is 18.2 Å². The predicted octanol–water partition coefficient (Wildman–Crippen LogP) is 3.86. The second-order valence-corrected chi connectivity index (χ2v) is 4.56. The molecule has 15 heavy (non-hydrogen) atoms. The van der Waals surface area contributed by atoms with Gasteiger partial charge >= 0.3 is 0 Å². The standard InChI is InChI=1S/C12H11ClNS/c13-11-5-1-2-6-12(11)14-8-7-10-4-3-9-15-10/h1-4,6,9,14H,7-8H2. The summed E-state index contributed by atoms with van der Waals surface area (Å²) in [6, 6.07) is 12.9. The average molecular weight is 237 g/mol. The highest BCUT2D eigenvalue weighted by atomic mass is 35.5. The zero-order valence-corrected chi connectivity index (χ0v) is 9.74. The zero-order valence-electron chi connectivity index (χ0n) is 8.16. The van der Waals surface area contributed by atoms with E-state index in [1.54, 1.807) is 11.3 Å². The molecule has 1 radical (unpaired) electrons. The van der Waals surface area contributed by atoms with Gasteiger partial charge in [-0.3, -0.25) is 0 Å². The second-order valence-electron chi connectivity index (χ2n) is 3.15. The summed E-state index contributed by atoms with van der Waals surface area (Å²) < 4.78 is 0. The lowest BCUT2D eigenvalue weighted by Gasteiger charge is -2.06. The fourth-order valence-corrected chi connectivity index (χ4v) is 2.23. The monoisotopic (exact) mass is 236 g/mol. The molecule has 1 aromatic carbocycles. The lowest BCUT2D eigenvalue weighted by molar-refractivity contribution is 1.04. The SMILES string of the molecule is Clc1[c]cccc1NCCc1cccs1. The number of hydrogen-bond donors (Lipinski definition) is 1. The van der Waals surface area contributed by atoms with Crippen molar-refractivity contribution in [2.24, 2.45) is 0 Å². The molecular formula is C12H11ClNS. The Bertz CT molecular complexity index is 411. The molecule has 1 aromatic heterocycles. The first-order valence-electron chi connectivity index (χ1n) is 4.79. The molecule has 0 aliphatic heterocycles. The molecule has 0 bridgehead atoms. The molecule has 77 valence electrons. The van der Waals surface area contributed by atoms with Gasteiger partial charge in [0.15, 0.2) is 0 Å². The van der Waals surface area contributed by atoms with Crippen LogP contribution in [-0.2, 0) is 6.42 Å². The van der Waals surface area contributed by atoms with Crippen molar-refractivity contribution in [3.63, 3.8) is 0 Å². The van der Waals surface area contributed by atoms with Gasteiger partial charge in [0, 0.05) is 17.5 Å². The average Bonchev–Trinajstić information content (AvgIpc) is 2.74. The summed E-state index contributed by atoms with van der Waals surface area (Å²) in [4.78, 5) is 1.39. The van der Waals surface area contributed by atoms with Gasteiger partial charge in [0.1, 0.15) is 0 Å². The molecule has 1 nitrogen and oxygen atoms in total. The van der Waals surface area contributed by atoms with E-state index in [0.717, 1.165) is 18.7 Å². The van der Waals surface area contributed by atoms with E-state index >= 15 is 0 Å². The molecule has 1 heterocycles. The predicted molar refractivity (Wildman–Crippen MR) is 66.8 cm³/mol. The molecule has 2 aromatic rings. The maximum absolute atomic E-state index is 5.97. The Balaban J connectivity index is 1.86. The van der Waals surface area contributed by atoms with Crippen molar-refractivity contribution in [2.75, 3.05) is 11.9 Å². The molecule has 1 N–H and O–H groups in total. The summed E-state index contributed by atoms with van der Waals surface area (Å²) in [6.45, 7) is 0.901. The first kappa shape index (κ1) is 10.5. The quantitative estimate of drug-likeness (QED) is 0.850. The van der Waals surface area contributed by atoms with Crippen LogP contribution in [0.3, 0.4) is 0 Å². The molecule has 0 fully saturated rings. The highest BCUT2D eigenvalue weighted by Crippen LogP contribution is 2.19. The van der Waals surface area contributed by atoms with Gasteiger partial charge in [0.25, 0.3) is 0 Å². The van der Waals surface area contributed by atoms with Gasteiger partial charge in [-0.25, -0.2) is 0 Å². The van der Waals surface area contributed by atoms with Crippen LogP contribution in [0.15, 0.2) is 35.7 Å². The van der Waals surface area contributed by atoms with Crippen LogP contribution in [0.1, 0.15) is 4.88 Å². The molecule has 0 aliphatic rings. The van der Waals surface area contributed by atoms with Crippen molar-refractivity contribution in [1.29, 1.82) is 0 Å². The number of rotatable bonds is 4. The lowest BCUT2D eigenvalue weighted by atomic mass is 10.3. The van der Waals surface area contributed by atoms with Crippen LogP contribution >= 0.6 is 22.9 Å². The molecule has 0 spiro atoms. The maximum atomic E-state index is 5.97. The number of anilines is 1. The van der Waals surface area contributed by atoms with E-state index < -0.39 is 0 Å². The highest BCUT2D eigenvalue weighted by Gasteiger charge is 1.98. The second kappa shape index (κ2) is 5.19. The Morgan fingerprint density at radius 3 is 3.00 bits per heavy atom. The summed E-state index contributed by atoms with van der Waals surface area (Å²) in [6.07, 6.45) is 1.03. The summed E-state index contributed by atoms with van der Waals surface area (Å²) >= 11 is 7.75. The molecule has 3 heteroatoms. The molecule has 0 atom stereocenters. The number of hydrogen-bond acceptors (Lipinski definition) is 2. The molecule has 0 aliphatic carbocycles. The number of nitrogens with one attached hydrogen (secondary N) is 1. The van der Waals surface area contributed by atoms with Gasteiger partial charge in [-0.2, -0.15) is 0 Å². The number of benzene rings is 1. The molecule has 0 amide bonds. The van der Waals surface area contributed by atoms with Gasteiger partial charge in [-0.05, 0) is 23.9 Å². The van der Waals surface area contributed by atoms with Crippen LogP contribution in [0, 0.1) is 6.07 Å². The highest BCUT2D eigenvalue weighted by molar-refractivity contribution is 7.09. The van der Waals surface area contributed by atoms with Crippen molar-refractivity contribution < 1.29 is 0 Å². The Hall–Kier alpha value is -0.990. The van der Waals surface area contributed by atoms with Gasteiger partial charge in [0.2, 0.25) is 0 Å². The Morgan fingerprint density at radius 2 is 2.27 bits per heavy atom. The van der Waals surface area contributed by atoms with E-state index in [9.17, 15) is 0 Å². The Kier molecular flexibility index (Phi) is 3.64. The largest absolute Gasteiger partial charge is 0.383 e. The molecule has 0 saturated heterocycles. The topological polar surface area (TPSA) is 12.0 Å². The first-order valence-corrected chi connectivity index (χ1v) is 6.04. The third kappa shape index (κ3) is 2.98. The van der Waals surface area contributed by atoms with Gasteiger partial charge in [-0.1, -0.05) is 29.8 Å². The summed E-state index contributed by atoms with van der Waals surface area (Å²) in [5.41, 5.74) is 0.954. The van der Waals surface area contributed by atoms with E-state index in [1.165, 1.54) is 4.88 Å². The summed E-state index contributed by atoms with van der Waals surface area (Å²) in [5.74, 6) is 0. The lowest BCUT2D eigenvalue weighted by Crippen LogP contribution is -2.04. The minimum atomic E-state index is 0.656. The van der Waals surface area contributed by atoms with Crippen molar-refractivity contribution >= 4 is 28.6 Å². The van der Waals surface area contributed by atoms with E-state index in [-0.39, 0.29) is 0 Å². The Morgan fingerprint density at radius 1 is 1.33 bits per heavy atom. The third-order valence-corrected chi connectivity index (χ3v) is 3.32. The molecular weight excluding hydrogens is 226 g/mol. The zero-order chi connectivity index (χ0) is 10.5. The fourth-order valence-electron chi connectivity index (χ4n) is 1.33. The van der Waals surface area contributed by atoms with E-state index in [4.69, 9.17) is 11.6 Å². The van der Waals surface area contributed by atoms with E-state index in [2.05, 4.69) is 28.9 Å². The number of halogens is 1. The van der Waals surface area contributed by atoms with Crippen molar-refractivity contribution in [1.82, 2.24) is 0 Å². The minimum Gasteiger partial charge on any atom is -0.383 e. The molecule has 0 saturated carbocycles. The van der Waals surface area contributed by atoms with Crippen molar-refractivity contribution in [3.8, 4) is 0 Å². The van der Waals surface area contributed by atoms with Crippen molar-refractivity contribution in [3.05, 3.63) is 51.7 Å². The summed E-state index contributed by atoms with van der Waals surface area (Å²) in [5, 5.41) is 6.05. The summed E-state index contributed by atoms with van der Waals surface area (Å²) in [7, 11) is 0. The smallest absolute Gasteiger partial charge is 0.0716 e. The fraction of sp³-hybridized carbons (Fsp3) is 0.167. The number of thiophene rings is 1.